The number of hydrogen-bond donors (Lipinski definition) is 2. The van der Waals surface area contributed by atoms with Gasteiger partial charge in [-0.25, -0.2) is 9.97 Å². The van der Waals surface area contributed by atoms with Crippen LogP contribution in [-0.4, -0.2) is 41.8 Å². The zero-order chi connectivity index (χ0) is 11.5. The van der Waals surface area contributed by atoms with Gasteiger partial charge in [-0.2, -0.15) is 0 Å². The Balaban J connectivity index is 2.21. The first kappa shape index (κ1) is 11.6. The van der Waals surface area contributed by atoms with Gasteiger partial charge >= 0.3 is 0 Å². The van der Waals surface area contributed by atoms with Crippen LogP contribution in [0.15, 0.2) is 10.8 Å². The first-order chi connectivity index (χ1) is 7.76. The van der Waals surface area contributed by atoms with E-state index in [1.165, 1.54) is 0 Å². The fourth-order valence-electron chi connectivity index (χ4n) is 1.93. The predicted octanol–water partition coefficient (Wildman–Crippen LogP) is 1.10. The van der Waals surface area contributed by atoms with Crippen molar-refractivity contribution in [1.82, 2.24) is 9.97 Å². The summed E-state index contributed by atoms with van der Waals surface area (Å²) in [7, 11) is 1.83. The molecule has 1 aliphatic rings. The number of rotatable bonds is 3. The van der Waals surface area contributed by atoms with Crippen molar-refractivity contribution in [2.45, 2.75) is 6.42 Å². The number of halogens is 1. The molecule has 0 aromatic carbocycles. The molecule has 0 radical (unpaired) electrons. The molecule has 0 bridgehead atoms. The van der Waals surface area contributed by atoms with Crippen molar-refractivity contribution in [1.29, 1.82) is 0 Å². The van der Waals surface area contributed by atoms with Gasteiger partial charge in [0, 0.05) is 32.7 Å². The minimum absolute atomic E-state index is 0.248. The van der Waals surface area contributed by atoms with Crippen molar-refractivity contribution in [2.75, 3.05) is 37.0 Å². The molecule has 6 heteroatoms. The van der Waals surface area contributed by atoms with Gasteiger partial charge in [0.05, 0.1) is 0 Å². The van der Waals surface area contributed by atoms with E-state index in [4.69, 9.17) is 5.11 Å². The molecular weight excluding hydrogens is 272 g/mol. The zero-order valence-corrected chi connectivity index (χ0v) is 10.7. The molecule has 0 saturated carbocycles. The minimum atomic E-state index is 0.248. The predicted molar refractivity (Wildman–Crippen MR) is 66.7 cm³/mol. The number of aliphatic hydroxyl groups excluding tert-OH is 1. The molecule has 1 unspecified atom stereocenters. The summed E-state index contributed by atoms with van der Waals surface area (Å²) < 4.78 is 0.885. The Kier molecular flexibility index (Phi) is 3.60. The maximum absolute atomic E-state index is 9.12. The highest BCUT2D eigenvalue weighted by atomic mass is 79.9. The molecule has 1 aromatic heterocycles. The number of anilines is 2. The molecule has 0 spiro atoms. The normalized spacial score (nSPS) is 20.2. The molecule has 0 aliphatic carbocycles. The van der Waals surface area contributed by atoms with E-state index in [0.717, 1.165) is 35.6 Å². The van der Waals surface area contributed by atoms with Gasteiger partial charge in [-0.1, -0.05) is 0 Å². The van der Waals surface area contributed by atoms with E-state index in [1.807, 2.05) is 7.05 Å². The quantitative estimate of drug-likeness (QED) is 0.871. The van der Waals surface area contributed by atoms with Crippen molar-refractivity contribution in [3.63, 3.8) is 0 Å². The van der Waals surface area contributed by atoms with Crippen molar-refractivity contribution >= 4 is 27.6 Å². The lowest BCUT2D eigenvalue weighted by Crippen LogP contribution is -2.22. The van der Waals surface area contributed by atoms with Crippen LogP contribution >= 0.6 is 15.9 Å². The maximum atomic E-state index is 9.12. The lowest BCUT2D eigenvalue weighted by Gasteiger charge is -2.19. The highest BCUT2D eigenvalue weighted by Crippen LogP contribution is 2.32. The van der Waals surface area contributed by atoms with Gasteiger partial charge in [-0.15, -0.1) is 0 Å². The summed E-state index contributed by atoms with van der Waals surface area (Å²) in [6, 6.07) is 0. The van der Waals surface area contributed by atoms with E-state index >= 15 is 0 Å². The van der Waals surface area contributed by atoms with E-state index in [0.29, 0.717) is 5.92 Å². The smallest absolute Gasteiger partial charge is 0.148 e. The minimum Gasteiger partial charge on any atom is -0.396 e. The van der Waals surface area contributed by atoms with Gasteiger partial charge in [-0.3, -0.25) is 0 Å². The summed E-state index contributed by atoms with van der Waals surface area (Å²) in [5.74, 6) is 2.05. The van der Waals surface area contributed by atoms with Crippen LogP contribution in [0.1, 0.15) is 6.42 Å². The largest absolute Gasteiger partial charge is 0.396 e. The van der Waals surface area contributed by atoms with Crippen molar-refractivity contribution in [3.8, 4) is 0 Å². The first-order valence-electron chi connectivity index (χ1n) is 5.30. The third kappa shape index (κ3) is 2.12. The summed E-state index contributed by atoms with van der Waals surface area (Å²) in [6.07, 6.45) is 2.57. The van der Waals surface area contributed by atoms with E-state index in [-0.39, 0.29) is 6.61 Å². The molecule has 1 aliphatic heterocycles. The van der Waals surface area contributed by atoms with Crippen LogP contribution in [0.25, 0.3) is 0 Å². The van der Waals surface area contributed by atoms with Gasteiger partial charge < -0.3 is 15.3 Å². The SMILES string of the molecule is CNc1ncnc(N2CCC(CO)C2)c1Br. The number of aliphatic hydroxyl groups is 1. The van der Waals surface area contributed by atoms with Crippen LogP contribution in [0.4, 0.5) is 11.6 Å². The number of nitrogens with zero attached hydrogens (tertiary/aromatic N) is 3. The Morgan fingerprint density at radius 2 is 2.44 bits per heavy atom. The average molecular weight is 287 g/mol. The highest BCUT2D eigenvalue weighted by Gasteiger charge is 2.25. The summed E-state index contributed by atoms with van der Waals surface area (Å²) >= 11 is 3.50. The number of hydrogen-bond acceptors (Lipinski definition) is 5. The zero-order valence-electron chi connectivity index (χ0n) is 9.15. The second-order valence-corrected chi connectivity index (χ2v) is 4.69. The van der Waals surface area contributed by atoms with Crippen LogP contribution in [0.3, 0.4) is 0 Å². The van der Waals surface area contributed by atoms with Crippen LogP contribution in [0.5, 0.6) is 0 Å². The van der Waals surface area contributed by atoms with Crippen molar-refractivity contribution in [2.24, 2.45) is 5.92 Å². The average Bonchev–Trinajstić information content (AvgIpc) is 2.78. The first-order valence-corrected chi connectivity index (χ1v) is 6.09. The Bertz CT molecular complexity index is 374. The fraction of sp³-hybridized carbons (Fsp3) is 0.600. The topological polar surface area (TPSA) is 61.3 Å². The second kappa shape index (κ2) is 4.97. The van der Waals surface area contributed by atoms with Crippen LogP contribution in [-0.2, 0) is 0 Å². The monoisotopic (exact) mass is 286 g/mol. The van der Waals surface area contributed by atoms with Gasteiger partial charge in [0.15, 0.2) is 0 Å². The lowest BCUT2D eigenvalue weighted by atomic mass is 10.1. The number of nitrogens with one attached hydrogen (secondary N) is 1. The summed E-state index contributed by atoms with van der Waals surface area (Å²) in [5.41, 5.74) is 0. The van der Waals surface area contributed by atoms with Gasteiger partial charge in [0.2, 0.25) is 0 Å². The van der Waals surface area contributed by atoms with Crippen LogP contribution < -0.4 is 10.2 Å². The van der Waals surface area contributed by atoms with Gasteiger partial charge in [0.25, 0.3) is 0 Å². The van der Waals surface area contributed by atoms with E-state index in [2.05, 4.69) is 36.1 Å². The van der Waals surface area contributed by atoms with Crippen LogP contribution in [0, 0.1) is 5.92 Å². The molecule has 1 atom stereocenters. The highest BCUT2D eigenvalue weighted by molar-refractivity contribution is 9.10. The van der Waals surface area contributed by atoms with E-state index in [9.17, 15) is 0 Å². The molecule has 2 N–H and O–H groups in total. The van der Waals surface area contributed by atoms with Crippen molar-refractivity contribution < 1.29 is 5.11 Å². The molecule has 16 heavy (non-hydrogen) atoms. The summed E-state index contributed by atoms with van der Waals surface area (Å²) in [5, 5.41) is 12.1. The standard InChI is InChI=1S/C10H15BrN4O/c1-12-9-8(11)10(14-6-13-9)15-3-2-7(4-15)5-16/h6-7,16H,2-5H2,1H3,(H,12,13,14). The molecule has 0 amide bonds. The molecule has 1 fully saturated rings. The molecule has 1 saturated heterocycles. The van der Waals surface area contributed by atoms with E-state index in [1.54, 1.807) is 6.33 Å². The Morgan fingerprint density at radius 3 is 3.06 bits per heavy atom. The number of aromatic nitrogens is 2. The third-order valence-corrected chi connectivity index (χ3v) is 3.58. The molecule has 1 aromatic rings. The van der Waals surface area contributed by atoms with Gasteiger partial charge in [-0.05, 0) is 22.4 Å². The lowest BCUT2D eigenvalue weighted by molar-refractivity contribution is 0.238. The van der Waals surface area contributed by atoms with Crippen LogP contribution in [0.2, 0.25) is 0 Å². The molecule has 2 heterocycles. The molecule has 5 nitrogen and oxygen atoms in total. The van der Waals surface area contributed by atoms with E-state index < -0.39 is 0 Å². The summed E-state index contributed by atoms with van der Waals surface area (Å²) in [6.45, 7) is 2.04. The second-order valence-electron chi connectivity index (χ2n) is 3.89. The Hall–Kier alpha value is -0.880. The Morgan fingerprint density at radius 1 is 1.62 bits per heavy atom. The van der Waals surface area contributed by atoms with Crippen molar-refractivity contribution in [3.05, 3.63) is 10.8 Å². The maximum Gasteiger partial charge on any atom is 0.148 e. The third-order valence-electron chi connectivity index (χ3n) is 2.85. The molecule has 2 rings (SSSR count). The Labute approximate surface area is 103 Å². The summed E-state index contributed by atoms with van der Waals surface area (Å²) in [4.78, 5) is 10.6. The molecule has 88 valence electrons. The molecular formula is C10H15BrN4O. The fourth-order valence-corrected chi connectivity index (χ4v) is 2.58. The van der Waals surface area contributed by atoms with Gasteiger partial charge in [0.1, 0.15) is 22.4 Å².